The average Bonchev–Trinajstić information content (AvgIpc) is 2.87. The van der Waals surface area contributed by atoms with E-state index in [2.05, 4.69) is 18.0 Å². The highest BCUT2D eigenvalue weighted by atomic mass is 16.6. The molecular weight excluding hydrogens is 164 g/mol. The Morgan fingerprint density at radius 1 is 1.62 bits per heavy atom. The standard InChI is InChI=1S/C10H14N2O/c1-8-6-12-5-2-9(8)10(3-4-10)7-13-11/h2,5-6H,3-4,7,11H2,1H3. The van der Waals surface area contributed by atoms with Gasteiger partial charge >= 0.3 is 0 Å². The maximum Gasteiger partial charge on any atom is 0.0776 e. The number of pyridine rings is 1. The number of aromatic nitrogens is 1. The van der Waals surface area contributed by atoms with Gasteiger partial charge in [-0.25, -0.2) is 5.90 Å². The first-order chi connectivity index (χ1) is 6.28. The van der Waals surface area contributed by atoms with Gasteiger partial charge in [0.05, 0.1) is 6.61 Å². The Labute approximate surface area is 77.9 Å². The molecule has 1 fully saturated rings. The second-order valence-electron chi connectivity index (χ2n) is 3.78. The molecule has 2 N–H and O–H groups in total. The van der Waals surface area contributed by atoms with Crippen molar-refractivity contribution in [2.75, 3.05) is 6.61 Å². The molecule has 0 radical (unpaired) electrons. The average molecular weight is 178 g/mol. The van der Waals surface area contributed by atoms with Gasteiger partial charge in [0.15, 0.2) is 0 Å². The van der Waals surface area contributed by atoms with Gasteiger partial charge in [-0.05, 0) is 37.0 Å². The minimum Gasteiger partial charge on any atom is -0.304 e. The third-order valence-electron chi connectivity index (χ3n) is 2.80. The van der Waals surface area contributed by atoms with Crippen LogP contribution in [0, 0.1) is 6.92 Å². The summed E-state index contributed by atoms with van der Waals surface area (Å²) in [6, 6.07) is 2.07. The van der Waals surface area contributed by atoms with Crippen molar-refractivity contribution in [1.29, 1.82) is 0 Å². The first-order valence-corrected chi connectivity index (χ1v) is 4.51. The van der Waals surface area contributed by atoms with Gasteiger partial charge in [0.2, 0.25) is 0 Å². The topological polar surface area (TPSA) is 48.1 Å². The Bertz CT molecular complexity index is 308. The third kappa shape index (κ3) is 1.45. The summed E-state index contributed by atoms with van der Waals surface area (Å²) in [5.41, 5.74) is 2.77. The van der Waals surface area contributed by atoms with E-state index in [9.17, 15) is 0 Å². The molecule has 1 aromatic heterocycles. The Hall–Kier alpha value is -0.930. The molecule has 3 heteroatoms. The van der Waals surface area contributed by atoms with E-state index in [1.54, 1.807) is 0 Å². The van der Waals surface area contributed by atoms with Crippen molar-refractivity contribution in [1.82, 2.24) is 4.98 Å². The smallest absolute Gasteiger partial charge is 0.0776 e. The normalized spacial score (nSPS) is 18.6. The van der Waals surface area contributed by atoms with Gasteiger partial charge in [0.1, 0.15) is 0 Å². The number of aryl methyl sites for hydroxylation is 1. The molecule has 1 aliphatic carbocycles. The van der Waals surface area contributed by atoms with E-state index in [0.29, 0.717) is 6.61 Å². The lowest BCUT2D eigenvalue weighted by atomic mass is 9.94. The van der Waals surface area contributed by atoms with Gasteiger partial charge in [-0.3, -0.25) is 4.98 Å². The predicted octanol–water partition coefficient (Wildman–Crippen LogP) is 1.31. The lowest BCUT2D eigenvalue weighted by Crippen LogP contribution is -2.19. The molecule has 0 spiro atoms. The molecule has 0 aromatic carbocycles. The van der Waals surface area contributed by atoms with Crippen LogP contribution in [0.15, 0.2) is 18.5 Å². The number of nitrogens with zero attached hydrogens (tertiary/aromatic N) is 1. The van der Waals surface area contributed by atoms with Gasteiger partial charge in [-0.2, -0.15) is 0 Å². The Morgan fingerprint density at radius 3 is 2.92 bits per heavy atom. The first kappa shape index (κ1) is 8.66. The zero-order chi connectivity index (χ0) is 9.31. The van der Waals surface area contributed by atoms with Gasteiger partial charge < -0.3 is 4.84 Å². The van der Waals surface area contributed by atoms with E-state index in [1.807, 2.05) is 12.4 Å². The van der Waals surface area contributed by atoms with E-state index in [0.717, 1.165) is 0 Å². The van der Waals surface area contributed by atoms with E-state index >= 15 is 0 Å². The monoisotopic (exact) mass is 178 g/mol. The summed E-state index contributed by atoms with van der Waals surface area (Å²) in [6.07, 6.45) is 6.08. The number of nitrogens with two attached hydrogens (primary N) is 1. The molecule has 1 aromatic rings. The maximum absolute atomic E-state index is 5.13. The van der Waals surface area contributed by atoms with E-state index in [1.165, 1.54) is 24.0 Å². The number of hydrogen-bond donors (Lipinski definition) is 1. The zero-order valence-electron chi connectivity index (χ0n) is 7.79. The second kappa shape index (κ2) is 3.09. The van der Waals surface area contributed by atoms with Crippen LogP contribution in [0.4, 0.5) is 0 Å². The Morgan fingerprint density at radius 2 is 2.38 bits per heavy atom. The molecule has 70 valence electrons. The maximum atomic E-state index is 5.13. The fourth-order valence-corrected chi connectivity index (χ4v) is 1.87. The summed E-state index contributed by atoms with van der Waals surface area (Å²) in [5.74, 6) is 5.13. The van der Waals surface area contributed by atoms with Crippen molar-refractivity contribution in [3.05, 3.63) is 29.6 Å². The predicted molar refractivity (Wildman–Crippen MR) is 50.0 cm³/mol. The summed E-state index contributed by atoms with van der Waals surface area (Å²) < 4.78 is 0. The van der Waals surface area contributed by atoms with E-state index in [4.69, 9.17) is 10.7 Å². The number of hydrogen-bond acceptors (Lipinski definition) is 3. The molecule has 3 nitrogen and oxygen atoms in total. The molecule has 0 unspecified atom stereocenters. The molecule has 0 aliphatic heterocycles. The highest BCUT2D eigenvalue weighted by Gasteiger charge is 2.45. The summed E-state index contributed by atoms with van der Waals surface area (Å²) in [5, 5.41) is 0. The highest BCUT2D eigenvalue weighted by Crippen LogP contribution is 2.48. The molecule has 1 saturated carbocycles. The third-order valence-corrected chi connectivity index (χ3v) is 2.80. The summed E-state index contributed by atoms with van der Waals surface area (Å²) >= 11 is 0. The summed E-state index contributed by atoms with van der Waals surface area (Å²) in [7, 11) is 0. The van der Waals surface area contributed by atoms with E-state index in [-0.39, 0.29) is 5.41 Å². The highest BCUT2D eigenvalue weighted by molar-refractivity contribution is 5.35. The minimum absolute atomic E-state index is 0.196. The molecule has 2 rings (SSSR count). The van der Waals surface area contributed by atoms with Crippen molar-refractivity contribution in [3.8, 4) is 0 Å². The summed E-state index contributed by atoms with van der Waals surface area (Å²) in [6.45, 7) is 2.71. The number of rotatable bonds is 3. The second-order valence-corrected chi connectivity index (χ2v) is 3.78. The van der Waals surface area contributed by atoms with Crippen LogP contribution in [0.1, 0.15) is 24.0 Å². The largest absolute Gasteiger partial charge is 0.304 e. The van der Waals surface area contributed by atoms with Gasteiger partial charge in [0.25, 0.3) is 0 Å². The quantitative estimate of drug-likeness (QED) is 0.710. The van der Waals surface area contributed by atoms with Crippen LogP contribution in [0.3, 0.4) is 0 Å². The lowest BCUT2D eigenvalue weighted by molar-refractivity contribution is 0.116. The van der Waals surface area contributed by atoms with Gasteiger partial charge in [0, 0.05) is 17.8 Å². The zero-order valence-corrected chi connectivity index (χ0v) is 7.79. The molecule has 13 heavy (non-hydrogen) atoms. The molecule has 1 aliphatic rings. The molecule has 0 saturated heterocycles. The lowest BCUT2D eigenvalue weighted by Gasteiger charge is -2.15. The SMILES string of the molecule is Cc1cnccc1C1(CON)CC1. The van der Waals surface area contributed by atoms with Crippen molar-refractivity contribution in [2.24, 2.45) is 5.90 Å². The molecule has 0 atom stereocenters. The molecular formula is C10H14N2O. The van der Waals surface area contributed by atoms with Crippen LogP contribution in [-0.4, -0.2) is 11.6 Å². The van der Waals surface area contributed by atoms with Crippen molar-refractivity contribution < 1.29 is 4.84 Å². The van der Waals surface area contributed by atoms with E-state index < -0.39 is 0 Å². The Kier molecular flexibility index (Phi) is 2.06. The van der Waals surface area contributed by atoms with Gasteiger partial charge in [-0.1, -0.05) is 0 Å². The Balaban J connectivity index is 2.30. The summed E-state index contributed by atoms with van der Waals surface area (Å²) in [4.78, 5) is 8.83. The molecule has 0 amide bonds. The van der Waals surface area contributed by atoms with Crippen LogP contribution in [0.25, 0.3) is 0 Å². The van der Waals surface area contributed by atoms with Crippen LogP contribution in [0.2, 0.25) is 0 Å². The fraction of sp³-hybridized carbons (Fsp3) is 0.500. The minimum atomic E-state index is 0.196. The molecule has 1 heterocycles. The van der Waals surface area contributed by atoms with Gasteiger partial charge in [-0.15, -0.1) is 0 Å². The van der Waals surface area contributed by atoms with Crippen LogP contribution in [-0.2, 0) is 10.3 Å². The fourth-order valence-electron chi connectivity index (χ4n) is 1.87. The van der Waals surface area contributed by atoms with Crippen LogP contribution >= 0.6 is 0 Å². The first-order valence-electron chi connectivity index (χ1n) is 4.51. The van der Waals surface area contributed by atoms with Crippen LogP contribution in [0.5, 0.6) is 0 Å². The van der Waals surface area contributed by atoms with Crippen molar-refractivity contribution in [3.63, 3.8) is 0 Å². The van der Waals surface area contributed by atoms with Crippen molar-refractivity contribution in [2.45, 2.75) is 25.2 Å². The van der Waals surface area contributed by atoms with Crippen LogP contribution < -0.4 is 5.90 Å². The van der Waals surface area contributed by atoms with Crippen molar-refractivity contribution >= 4 is 0 Å². The molecule has 0 bridgehead atoms.